The maximum atomic E-state index is 13.1. The van der Waals surface area contributed by atoms with Crippen molar-refractivity contribution in [2.24, 2.45) is 5.92 Å². The molecule has 1 atom stereocenters. The molecule has 0 saturated carbocycles. The van der Waals surface area contributed by atoms with Gasteiger partial charge in [0.2, 0.25) is 11.8 Å². The molecule has 2 aliphatic heterocycles. The average molecular weight is 431 g/mol. The van der Waals surface area contributed by atoms with E-state index in [2.05, 4.69) is 10.2 Å². The highest BCUT2D eigenvalue weighted by molar-refractivity contribution is 5.97. The van der Waals surface area contributed by atoms with E-state index in [0.29, 0.717) is 44.0 Å². The topological polar surface area (TPSA) is 82.2 Å². The summed E-state index contributed by atoms with van der Waals surface area (Å²) in [5.41, 5.74) is 0.490. The number of nitrogens with zero attached hydrogens (tertiary/aromatic N) is 3. The van der Waals surface area contributed by atoms with Gasteiger partial charge in [0.05, 0.1) is 13.7 Å². The minimum absolute atomic E-state index is 0.0375. The number of methoxy groups -OCH3 is 1. The zero-order valence-electron chi connectivity index (χ0n) is 18.8. The van der Waals surface area contributed by atoms with Crippen molar-refractivity contribution in [1.82, 2.24) is 20.0 Å². The van der Waals surface area contributed by atoms with Crippen LogP contribution in [0.5, 0.6) is 5.75 Å². The van der Waals surface area contributed by atoms with Crippen LogP contribution in [0.25, 0.3) is 0 Å². The van der Waals surface area contributed by atoms with Crippen LogP contribution in [0.4, 0.5) is 0 Å². The third-order valence-corrected chi connectivity index (χ3v) is 6.07. The minimum atomic E-state index is -0.590. The van der Waals surface area contributed by atoms with E-state index in [4.69, 9.17) is 4.74 Å². The molecule has 3 amide bonds. The minimum Gasteiger partial charge on any atom is -0.497 e. The number of amides is 3. The second-order valence-electron chi connectivity index (χ2n) is 8.61. The van der Waals surface area contributed by atoms with E-state index >= 15 is 0 Å². The smallest absolute Gasteiger partial charge is 0.251 e. The monoisotopic (exact) mass is 430 g/mol. The van der Waals surface area contributed by atoms with Crippen LogP contribution in [0.2, 0.25) is 0 Å². The summed E-state index contributed by atoms with van der Waals surface area (Å²) in [6.07, 6.45) is 2.18. The lowest BCUT2D eigenvalue weighted by molar-refractivity contribution is -0.137. The predicted octanol–water partition coefficient (Wildman–Crippen LogP) is 1.22. The van der Waals surface area contributed by atoms with Crippen molar-refractivity contribution in [2.75, 3.05) is 52.9 Å². The first-order chi connectivity index (χ1) is 14.9. The Balaban J connectivity index is 1.52. The third-order valence-electron chi connectivity index (χ3n) is 6.07. The zero-order valence-corrected chi connectivity index (χ0v) is 18.8. The number of piperazine rings is 1. The number of rotatable bonds is 7. The van der Waals surface area contributed by atoms with Crippen LogP contribution in [-0.2, 0) is 9.59 Å². The molecule has 0 radical (unpaired) electrons. The summed E-state index contributed by atoms with van der Waals surface area (Å²) in [4.78, 5) is 44.0. The lowest BCUT2D eigenvalue weighted by atomic mass is 10.0. The number of benzene rings is 1. The van der Waals surface area contributed by atoms with Crippen molar-refractivity contribution >= 4 is 17.7 Å². The van der Waals surface area contributed by atoms with Crippen LogP contribution in [0.3, 0.4) is 0 Å². The van der Waals surface area contributed by atoms with E-state index < -0.39 is 6.04 Å². The van der Waals surface area contributed by atoms with Crippen LogP contribution in [0.15, 0.2) is 24.3 Å². The summed E-state index contributed by atoms with van der Waals surface area (Å²) >= 11 is 0. The van der Waals surface area contributed by atoms with E-state index in [1.807, 2.05) is 18.7 Å². The van der Waals surface area contributed by atoms with E-state index in [1.54, 1.807) is 36.3 Å². The van der Waals surface area contributed by atoms with E-state index in [0.717, 1.165) is 25.9 Å². The molecular weight excluding hydrogens is 396 g/mol. The highest BCUT2D eigenvalue weighted by Gasteiger charge is 2.31. The van der Waals surface area contributed by atoms with Gasteiger partial charge in [0.1, 0.15) is 11.8 Å². The Morgan fingerprint density at radius 1 is 0.935 bits per heavy atom. The number of hydrogen-bond donors (Lipinski definition) is 1. The van der Waals surface area contributed by atoms with Gasteiger partial charge >= 0.3 is 0 Å². The largest absolute Gasteiger partial charge is 0.497 e. The molecule has 0 aliphatic carbocycles. The molecule has 2 fully saturated rings. The highest BCUT2D eigenvalue weighted by atomic mass is 16.5. The number of hydrogen-bond acceptors (Lipinski definition) is 5. The fraction of sp³-hybridized carbons (Fsp3) is 0.609. The molecular formula is C23H34N4O4. The van der Waals surface area contributed by atoms with E-state index in [-0.39, 0.29) is 23.6 Å². The first kappa shape index (κ1) is 23.1. The molecule has 31 heavy (non-hydrogen) atoms. The van der Waals surface area contributed by atoms with Gasteiger partial charge in [-0.3, -0.25) is 19.3 Å². The molecule has 2 aliphatic rings. The molecule has 2 saturated heterocycles. The predicted molar refractivity (Wildman–Crippen MR) is 118 cm³/mol. The molecule has 2 heterocycles. The maximum absolute atomic E-state index is 13.1. The van der Waals surface area contributed by atoms with Gasteiger partial charge in [-0.15, -0.1) is 0 Å². The molecule has 1 aromatic rings. The second kappa shape index (κ2) is 10.6. The molecule has 0 aromatic heterocycles. The van der Waals surface area contributed by atoms with Gasteiger partial charge in [-0.1, -0.05) is 13.8 Å². The van der Waals surface area contributed by atoms with Crippen molar-refractivity contribution < 1.29 is 19.1 Å². The highest BCUT2D eigenvalue weighted by Crippen LogP contribution is 2.14. The SMILES string of the molecule is COc1ccc(C(=O)NC(C(=O)N2CCN(CC(=O)N3CCCC3)CC2)C(C)C)cc1. The Labute approximate surface area is 184 Å². The summed E-state index contributed by atoms with van der Waals surface area (Å²) < 4.78 is 5.13. The molecule has 0 bridgehead atoms. The normalized spacial score (nSPS) is 18.2. The van der Waals surface area contributed by atoms with Crippen molar-refractivity contribution in [3.05, 3.63) is 29.8 Å². The Hall–Kier alpha value is -2.61. The van der Waals surface area contributed by atoms with Crippen LogP contribution in [0.1, 0.15) is 37.0 Å². The molecule has 0 spiro atoms. The Kier molecular flexibility index (Phi) is 7.90. The molecule has 1 unspecified atom stereocenters. The summed E-state index contributed by atoms with van der Waals surface area (Å²) in [7, 11) is 1.57. The Bertz CT molecular complexity index is 766. The maximum Gasteiger partial charge on any atom is 0.251 e. The molecule has 1 N–H and O–H groups in total. The number of likely N-dealkylation sites (tertiary alicyclic amines) is 1. The van der Waals surface area contributed by atoms with Gasteiger partial charge in [0.25, 0.3) is 5.91 Å². The molecule has 170 valence electrons. The lowest BCUT2D eigenvalue weighted by Gasteiger charge is -2.37. The van der Waals surface area contributed by atoms with E-state index in [9.17, 15) is 14.4 Å². The van der Waals surface area contributed by atoms with Crippen LogP contribution < -0.4 is 10.1 Å². The first-order valence-electron chi connectivity index (χ1n) is 11.1. The van der Waals surface area contributed by atoms with E-state index in [1.165, 1.54) is 0 Å². The molecule has 3 rings (SSSR count). The summed E-state index contributed by atoms with van der Waals surface area (Å²) in [5.74, 6) is 0.481. The van der Waals surface area contributed by atoms with Crippen molar-refractivity contribution in [3.63, 3.8) is 0 Å². The number of ether oxygens (including phenoxy) is 1. The standard InChI is InChI=1S/C23H34N4O4/c1-17(2)21(24-22(29)18-6-8-19(31-3)9-7-18)23(30)27-14-12-25(13-15-27)16-20(28)26-10-4-5-11-26/h6-9,17,21H,4-5,10-16H2,1-3H3,(H,24,29). The van der Waals surface area contributed by atoms with Crippen LogP contribution in [0, 0.1) is 5.92 Å². The zero-order chi connectivity index (χ0) is 22.4. The first-order valence-corrected chi connectivity index (χ1v) is 11.1. The Morgan fingerprint density at radius 3 is 2.10 bits per heavy atom. The van der Waals surface area contributed by atoms with Crippen molar-refractivity contribution in [1.29, 1.82) is 0 Å². The fourth-order valence-electron chi connectivity index (χ4n) is 4.06. The van der Waals surface area contributed by atoms with Crippen LogP contribution >= 0.6 is 0 Å². The van der Waals surface area contributed by atoms with Crippen molar-refractivity contribution in [3.8, 4) is 5.75 Å². The number of carbonyl (C=O) groups is 3. The summed E-state index contributed by atoms with van der Waals surface area (Å²) in [6.45, 7) is 8.47. The third kappa shape index (κ3) is 5.97. The summed E-state index contributed by atoms with van der Waals surface area (Å²) in [6, 6.07) is 6.23. The van der Waals surface area contributed by atoms with Crippen molar-refractivity contribution in [2.45, 2.75) is 32.7 Å². The lowest BCUT2D eigenvalue weighted by Crippen LogP contribution is -2.57. The Morgan fingerprint density at radius 2 is 1.55 bits per heavy atom. The van der Waals surface area contributed by atoms with Crippen LogP contribution in [-0.4, -0.2) is 91.4 Å². The van der Waals surface area contributed by atoms with Gasteiger partial charge in [-0.05, 0) is 43.0 Å². The molecule has 1 aromatic carbocycles. The average Bonchev–Trinajstić information content (AvgIpc) is 3.32. The molecule has 8 nitrogen and oxygen atoms in total. The van der Waals surface area contributed by atoms with Gasteiger partial charge in [0, 0.05) is 44.8 Å². The summed E-state index contributed by atoms with van der Waals surface area (Å²) in [5, 5.41) is 2.90. The van der Waals surface area contributed by atoms with Gasteiger partial charge < -0.3 is 19.9 Å². The van der Waals surface area contributed by atoms with Gasteiger partial charge in [0.15, 0.2) is 0 Å². The van der Waals surface area contributed by atoms with Gasteiger partial charge in [-0.2, -0.15) is 0 Å². The number of nitrogens with one attached hydrogen (secondary N) is 1. The quantitative estimate of drug-likeness (QED) is 0.703. The van der Waals surface area contributed by atoms with Gasteiger partial charge in [-0.25, -0.2) is 0 Å². The second-order valence-corrected chi connectivity index (χ2v) is 8.61. The number of carbonyl (C=O) groups excluding carboxylic acids is 3. The molecule has 8 heteroatoms. The fourth-order valence-corrected chi connectivity index (χ4v) is 4.06.